The molecule has 0 amide bonds. The first-order chi connectivity index (χ1) is 5.77. The monoisotopic (exact) mass is 170 g/mol. The van der Waals surface area contributed by atoms with Gasteiger partial charge < -0.3 is 0 Å². The fourth-order valence-corrected chi connectivity index (χ4v) is 1.65. The Balaban J connectivity index is 2.21. The zero-order valence-electron chi connectivity index (χ0n) is 7.81. The summed E-state index contributed by atoms with van der Waals surface area (Å²) in [4.78, 5) is 9.19. The van der Waals surface area contributed by atoms with Crippen molar-refractivity contribution < 1.29 is 4.84 Å². The molecule has 0 spiro atoms. The second kappa shape index (κ2) is 4.58. The Labute approximate surface area is 74.2 Å². The van der Waals surface area contributed by atoms with Crippen molar-refractivity contribution in [1.82, 2.24) is 5.48 Å². The number of rotatable bonds is 4. The van der Waals surface area contributed by atoms with E-state index in [1.54, 1.807) is 0 Å². The number of hydroxylamine groups is 1. The molecule has 0 heterocycles. The molecule has 12 heavy (non-hydrogen) atoms. The summed E-state index contributed by atoms with van der Waals surface area (Å²) in [6.07, 6.45) is 6.20. The lowest BCUT2D eigenvalue weighted by atomic mass is 9.87. The van der Waals surface area contributed by atoms with Crippen LogP contribution in [-0.4, -0.2) is 19.0 Å². The molecule has 0 aromatic rings. The zero-order valence-corrected chi connectivity index (χ0v) is 7.81. The van der Waals surface area contributed by atoms with Crippen molar-refractivity contribution in [2.24, 2.45) is 4.99 Å². The van der Waals surface area contributed by atoms with Crippen LogP contribution in [0.3, 0.4) is 0 Å². The summed E-state index contributed by atoms with van der Waals surface area (Å²) >= 11 is 0. The second-order valence-electron chi connectivity index (χ2n) is 3.64. The van der Waals surface area contributed by atoms with E-state index in [1.807, 2.05) is 0 Å². The Morgan fingerprint density at radius 2 is 2.08 bits per heavy atom. The van der Waals surface area contributed by atoms with Gasteiger partial charge in [0.15, 0.2) is 0 Å². The van der Waals surface area contributed by atoms with Crippen molar-refractivity contribution in [1.29, 1.82) is 0 Å². The molecule has 1 saturated carbocycles. The zero-order chi connectivity index (χ0) is 8.86. The minimum atomic E-state index is 0.0307. The van der Waals surface area contributed by atoms with E-state index in [-0.39, 0.29) is 5.60 Å². The van der Waals surface area contributed by atoms with Gasteiger partial charge in [-0.2, -0.15) is 5.48 Å². The normalized spacial score (nSPS) is 22.1. The van der Waals surface area contributed by atoms with Crippen LogP contribution in [0, 0.1) is 0 Å². The van der Waals surface area contributed by atoms with Crippen molar-refractivity contribution in [3.8, 4) is 0 Å². The lowest BCUT2D eigenvalue weighted by molar-refractivity contribution is -0.113. The summed E-state index contributed by atoms with van der Waals surface area (Å²) < 4.78 is 0. The van der Waals surface area contributed by atoms with Crippen molar-refractivity contribution in [2.75, 3.05) is 6.67 Å². The van der Waals surface area contributed by atoms with E-state index in [0.29, 0.717) is 6.67 Å². The first-order valence-electron chi connectivity index (χ1n) is 4.60. The van der Waals surface area contributed by atoms with Crippen LogP contribution >= 0.6 is 0 Å². The standard InChI is InChI=1S/C9H18N2O/c1-9(12-11-8-10-2)6-4-3-5-7-9/h11H,2-8H2,1H3. The average molecular weight is 170 g/mol. The van der Waals surface area contributed by atoms with E-state index in [0.717, 1.165) is 12.8 Å². The summed E-state index contributed by atoms with van der Waals surface area (Å²) in [6, 6.07) is 0. The number of hydrogen-bond acceptors (Lipinski definition) is 3. The van der Waals surface area contributed by atoms with Gasteiger partial charge in [-0.1, -0.05) is 19.3 Å². The van der Waals surface area contributed by atoms with Gasteiger partial charge in [-0.05, 0) is 26.5 Å². The van der Waals surface area contributed by atoms with Crippen molar-refractivity contribution in [2.45, 2.75) is 44.6 Å². The molecule has 0 aliphatic heterocycles. The van der Waals surface area contributed by atoms with Gasteiger partial charge in [0.25, 0.3) is 0 Å². The molecule has 1 aliphatic rings. The summed E-state index contributed by atoms with van der Waals surface area (Å²) in [7, 11) is 0. The van der Waals surface area contributed by atoms with E-state index in [9.17, 15) is 0 Å². The van der Waals surface area contributed by atoms with Crippen LogP contribution in [0.1, 0.15) is 39.0 Å². The van der Waals surface area contributed by atoms with Crippen LogP contribution in [0.25, 0.3) is 0 Å². The number of aliphatic imine (C=N–C) groups is 1. The lowest BCUT2D eigenvalue weighted by Gasteiger charge is -2.32. The van der Waals surface area contributed by atoms with Crippen molar-refractivity contribution in [3.05, 3.63) is 0 Å². The number of nitrogens with zero attached hydrogens (tertiary/aromatic N) is 1. The lowest BCUT2D eigenvalue weighted by Crippen LogP contribution is -2.37. The Morgan fingerprint density at radius 3 is 2.67 bits per heavy atom. The molecule has 0 unspecified atom stereocenters. The molecule has 70 valence electrons. The fourth-order valence-electron chi connectivity index (χ4n) is 1.65. The third kappa shape index (κ3) is 2.91. The summed E-state index contributed by atoms with van der Waals surface area (Å²) in [6.45, 7) is 6.01. The van der Waals surface area contributed by atoms with E-state index in [2.05, 4.69) is 24.1 Å². The van der Waals surface area contributed by atoms with E-state index in [1.165, 1.54) is 19.3 Å². The molecule has 0 saturated heterocycles. The molecule has 0 aromatic carbocycles. The quantitative estimate of drug-likeness (QED) is 0.397. The molecule has 1 fully saturated rings. The minimum absolute atomic E-state index is 0.0307. The van der Waals surface area contributed by atoms with Crippen molar-refractivity contribution in [3.63, 3.8) is 0 Å². The predicted octanol–water partition coefficient (Wildman–Crippen LogP) is 1.89. The van der Waals surface area contributed by atoms with Crippen LogP contribution < -0.4 is 5.48 Å². The Morgan fingerprint density at radius 1 is 1.42 bits per heavy atom. The smallest absolute Gasteiger partial charge is 0.111 e. The highest BCUT2D eigenvalue weighted by Gasteiger charge is 2.27. The molecule has 3 heteroatoms. The molecule has 3 nitrogen and oxygen atoms in total. The fraction of sp³-hybridized carbons (Fsp3) is 0.889. The third-order valence-electron chi connectivity index (χ3n) is 2.41. The largest absolute Gasteiger partial charge is 0.294 e. The van der Waals surface area contributed by atoms with Crippen LogP contribution in [-0.2, 0) is 4.84 Å². The first kappa shape index (κ1) is 9.68. The molecule has 0 aromatic heterocycles. The van der Waals surface area contributed by atoms with Gasteiger partial charge in [0.05, 0.1) is 5.60 Å². The SMILES string of the molecule is C=NCNOC1(C)CCCCC1. The van der Waals surface area contributed by atoms with Gasteiger partial charge >= 0.3 is 0 Å². The maximum absolute atomic E-state index is 5.53. The Kier molecular flexibility index (Phi) is 3.69. The highest BCUT2D eigenvalue weighted by molar-refractivity contribution is 5.22. The van der Waals surface area contributed by atoms with Crippen molar-refractivity contribution >= 4 is 6.72 Å². The average Bonchev–Trinajstić information content (AvgIpc) is 2.06. The minimum Gasteiger partial charge on any atom is -0.294 e. The summed E-state index contributed by atoms with van der Waals surface area (Å²) in [5.41, 5.74) is 2.85. The topological polar surface area (TPSA) is 33.6 Å². The van der Waals surface area contributed by atoms with Crippen LogP contribution in [0.5, 0.6) is 0 Å². The maximum Gasteiger partial charge on any atom is 0.111 e. The predicted molar refractivity (Wildman–Crippen MR) is 50.1 cm³/mol. The van der Waals surface area contributed by atoms with E-state index in [4.69, 9.17) is 4.84 Å². The molecular weight excluding hydrogens is 152 g/mol. The Bertz CT molecular complexity index is 141. The molecule has 0 bridgehead atoms. The molecule has 1 rings (SSSR count). The van der Waals surface area contributed by atoms with E-state index < -0.39 is 0 Å². The van der Waals surface area contributed by atoms with Gasteiger partial charge in [-0.3, -0.25) is 9.83 Å². The number of hydrogen-bond donors (Lipinski definition) is 1. The van der Waals surface area contributed by atoms with Crippen LogP contribution in [0.4, 0.5) is 0 Å². The number of nitrogens with one attached hydrogen (secondary N) is 1. The summed E-state index contributed by atoms with van der Waals surface area (Å²) in [5, 5.41) is 0. The van der Waals surface area contributed by atoms with Crippen LogP contribution in [0.2, 0.25) is 0 Å². The van der Waals surface area contributed by atoms with E-state index >= 15 is 0 Å². The van der Waals surface area contributed by atoms with Gasteiger partial charge in [0, 0.05) is 0 Å². The summed E-state index contributed by atoms with van der Waals surface area (Å²) in [5.74, 6) is 0. The van der Waals surface area contributed by atoms with Crippen LogP contribution in [0.15, 0.2) is 4.99 Å². The van der Waals surface area contributed by atoms with Gasteiger partial charge in [0.1, 0.15) is 6.67 Å². The molecule has 0 atom stereocenters. The first-order valence-corrected chi connectivity index (χ1v) is 4.60. The maximum atomic E-state index is 5.53. The van der Waals surface area contributed by atoms with Gasteiger partial charge in [-0.15, -0.1) is 0 Å². The Hall–Kier alpha value is -0.410. The highest BCUT2D eigenvalue weighted by atomic mass is 16.7. The van der Waals surface area contributed by atoms with Gasteiger partial charge in [-0.25, -0.2) is 0 Å². The highest BCUT2D eigenvalue weighted by Crippen LogP contribution is 2.29. The molecule has 1 N–H and O–H groups in total. The van der Waals surface area contributed by atoms with Gasteiger partial charge in [0.2, 0.25) is 0 Å². The molecular formula is C9H18N2O. The molecule has 1 aliphatic carbocycles. The second-order valence-corrected chi connectivity index (χ2v) is 3.64. The molecule has 0 radical (unpaired) electrons. The third-order valence-corrected chi connectivity index (χ3v) is 2.41.